The summed E-state index contributed by atoms with van der Waals surface area (Å²) in [5, 5.41) is 18.9. The summed E-state index contributed by atoms with van der Waals surface area (Å²) in [7, 11) is 0. The zero-order valence-corrected chi connectivity index (χ0v) is 11.8. The molecule has 1 aromatic rings. The first kappa shape index (κ1) is 14.3. The maximum Gasteiger partial charge on any atom is 0.0718 e. The maximum absolute atomic E-state index is 9.83. The molecule has 1 aliphatic rings. The molecule has 0 unspecified atom stereocenters. The quantitative estimate of drug-likeness (QED) is 0.854. The molecule has 0 saturated carbocycles. The van der Waals surface area contributed by atoms with Crippen LogP contribution in [-0.4, -0.2) is 53.4 Å². The topological polar surface area (TPSA) is 46.9 Å². The SMILES string of the molecule is CC(C)(O)CN1CCN(c2ccc(CO)cc2)CC1. The zero-order valence-electron chi connectivity index (χ0n) is 11.8. The minimum atomic E-state index is -0.620. The first-order chi connectivity index (χ1) is 8.98. The smallest absolute Gasteiger partial charge is 0.0718 e. The molecule has 2 N–H and O–H groups in total. The predicted octanol–water partition coefficient (Wildman–Crippen LogP) is 1.07. The standard InChI is InChI=1S/C15H24N2O2/c1-15(2,19)12-16-7-9-17(10-8-16)14-5-3-13(11-18)4-6-14/h3-6,18-19H,7-12H2,1-2H3. The maximum atomic E-state index is 9.83. The fraction of sp³-hybridized carbons (Fsp3) is 0.600. The van der Waals surface area contributed by atoms with Crippen LogP contribution >= 0.6 is 0 Å². The number of β-amino-alcohol motifs (C(OH)–C–C–N with tert-alkyl or cyclic N) is 1. The van der Waals surface area contributed by atoms with E-state index >= 15 is 0 Å². The van der Waals surface area contributed by atoms with Crippen molar-refractivity contribution in [2.45, 2.75) is 26.1 Å². The molecular weight excluding hydrogens is 240 g/mol. The van der Waals surface area contributed by atoms with Crippen LogP contribution in [0.1, 0.15) is 19.4 Å². The van der Waals surface area contributed by atoms with Gasteiger partial charge in [0.05, 0.1) is 12.2 Å². The molecule has 0 aliphatic carbocycles. The minimum Gasteiger partial charge on any atom is -0.392 e. The summed E-state index contributed by atoms with van der Waals surface area (Å²) in [4.78, 5) is 4.65. The van der Waals surface area contributed by atoms with Crippen LogP contribution in [0.2, 0.25) is 0 Å². The number of piperazine rings is 1. The molecule has 1 aromatic carbocycles. The van der Waals surface area contributed by atoms with Crippen LogP contribution in [0, 0.1) is 0 Å². The first-order valence-electron chi connectivity index (χ1n) is 6.87. The van der Waals surface area contributed by atoms with Gasteiger partial charge in [0.1, 0.15) is 0 Å². The fourth-order valence-electron chi connectivity index (χ4n) is 2.52. The van der Waals surface area contributed by atoms with E-state index in [-0.39, 0.29) is 6.61 Å². The van der Waals surface area contributed by atoms with Crippen molar-refractivity contribution < 1.29 is 10.2 Å². The molecule has 1 aliphatic heterocycles. The van der Waals surface area contributed by atoms with E-state index in [4.69, 9.17) is 5.11 Å². The van der Waals surface area contributed by atoms with Crippen LogP contribution in [0.5, 0.6) is 0 Å². The third-order valence-corrected chi connectivity index (χ3v) is 3.47. The van der Waals surface area contributed by atoms with E-state index < -0.39 is 5.60 Å². The van der Waals surface area contributed by atoms with Gasteiger partial charge in [0.25, 0.3) is 0 Å². The molecule has 0 atom stereocenters. The summed E-state index contributed by atoms with van der Waals surface area (Å²) in [6.07, 6.45) is 0. The van der Waals surface area contributed by atoms with Crippen molar-refractivity contribution in [3.63, 3.8) is 0 Å². The van der Waals surface area contributed by atoms with Gasteiger partial charge in [-0.3, -0.25) is 4.90 Å². The van der Waals surface area contributed by atoms with Gasteiger partial charge in [0, 0.05) is 38.4 Å². The highest BCUT2D eigenvalue weighted by Gasteiger charge is 2.22. The molecule has 19 heavy (non-hydrogen) atoms. The second kappa shape index (κ2) is 5.90. The minimum absolute atomic E-state index is 0.0969. The largest absolute Gasteiger partial charge is 0.392 e. The molecular formula is C15H24N2O2. The van der Waals surface area contributed by atoms with Gasteiger partial charge in [0.15, 0.2) is 0 Å². The van der Waals surface area contributed by atoms with Crippen molar-refractivity contribution in [3.05, 3.63) is 29.8 Å². The fourth-order valence-corrected chi connectivity index (χ4v) is 2.52. The van der Waals surface area contributed by atoms with Crippen LogP contribution in [0.25, 0.3) is 0 Å². The second-order valence-corrected chi connectivity index (χ2v) is 5.90. The van der Waals surface area contributed by atoms with Gasteiger partial charge < -0.3 is 15.1 Å². The van der Waals surface area contributed by atoms with Gasteiger partial charge in [-0.25, -0.2) is 0 Å². The van der Waals surface area contributed by atoms with Crippen molar-refractivity contribution >= 4 is 5.69 Å². The van der Waals surface area contributed by atoms with Gasteiger partial charge in [-0.05, 0) is 31.5 Å². The molecule has 0 bridgehead atoms. The van der Waals surface area contributed by atoms with E-state index in [1.54, 1.807) is 0 Å². The van der Waals surface area contributed by atoms with Gasteiger partial charge in [-0.15, -0.1) is 0 Å². The third-order valence-electron chi connectivity index (χ3n) is 3.47. The van der Waals surface area contributed by atoms with E-state index in [1.807, 2.05) is 26.0 Å². The van der Waals surface area contributed by atoms with E-state index in [0.29, 0.717) is 0 Å². The highest BCUT2D eigenvalue weighted by atomic mass is 16.3. The number of nitrogens with zero attached hydrogens (tertiary/aromatic N) is 2. The van der Waals surface area contributed by atoms with Crippen molar-refractivity contribution in [1.82, 2.24) is 4.90 Å². The van der Waals surface area contributed by atoms with Crippen LogP contribution in [0.3, 0.4) is 0 Å². The Morgan fingerprint density at radius 2 is 1.63 bits per heavy atom. The van der Waals surface area contributed by atoms with E-state index in [2.05, 4.69) is 21.9 Å². The second-order valence-electron chi connectivity index (χ2n) is 5.90. The Bertz CT molecular complexity index is 390. The summed E-state index contributed by atoms with van der Waals surface area (Å²) in [5.74, 6) is 0. The number of rotatable bonds is 4. The number of benzene rings is 1. The number of aliphatic hydroxyl groups excluding tert-OH is 1. The Balaban J connectivity index is 1.88. The van der Waals surface area contributed by atoms with E-state index in [1.165, 1.54) is 5.69 Å². The average molecular weight is 264 g/mol. The molecule has 2 rings (SSSR count). The van der Waals surface area contributed by atoms with Crippen molar-refractivity contribution in [2.24, 2.45) is 0 Å². The molecule has 106 valence electrons. The number of aliphatic hydroxyl groups is 2. The number of anilines is 1. The Hall–Kier alpha value is -1.10. The molecule has 0 aromatic heterocycles. The molecule has 1 fully saturated rings. The van der Waals surface area contributed by atoms with Gasteiger partial charge in [-0.2, -0.15) is 0 Å². The van der Waals surface area contributed by atoms with Crippen LogP contribution in [0.4, 0.5) is 5.69 Å². The van der Waals surface area contributed by atoms with E-state index in [0.717, 1.165) is 38.3 Å². The molecule has 4 nitrogen and oxygen atoms in total. The predicted molar refractivity (Wildman–Crippen MR) is 77.3 cm³/mol. The molecule has 1 saturated heterocycles. The lowest BCUT2D eigenvalue weighted by Crippen LogP contribution is -2.50. The molecule has 0 spiro atoms. The molecule has 4 heteroatoms. The Morgan fingerprint density at radius 3 is 2.11 bits per heavy atom. The number of hydrogen-bond donors (Lipinski definition) is 2. The summed E-state index contributed by atoms with van der Waals surface area (Å²) in [5.41, 5.74) is 1.54. The highest BCUT2D eigenvalue weighted by molar-refractivity contribution is 5.48. The summed E-state index contributed by atoms with van der Waals surface area (Å²) in [6.45, 7) is 8.45. The molecule has 1 heterocycles. The number of hydrogen-bond acceptors (Lipinski definition) is 4. The lowest BCUT2D eigenvalue weighted by molar-refractivity contribution is 0.0345. The van der Waals surface area contributed by atoms with Gasteiger partial charge in [-0.1, -0.05) is 12.1 Å². The van der Waals surface area contributed by atoms with Crippen LogP contribution in [-0.2, 0) is 6.61 Å². The lowest BCUT2D eigenvalue weighted by atomic mass is 10.1. The zero-order chi connectivity index (χ0) is 13.9. The monoisotopic (exact) mass is 264 g/mol. The van der Waals surface area contributed by atoms with Crippen LogP contribution in [0.15, 0.2) is 24.3 Å². The Labute approximate surface area is 115 Å². The Kier molecular flexibility index (Phi) is 4.45. The summed E-state index contributed by atoms with van der Waals surface area (Å²) in [6, 6.07) is 8.07. The molecule has 0 radical (unpaired) electrons. The lowest BCUT2D eigenvalue weighted by Gasteiger charge is -2.38. The Morgan fingerprint density at radius 1 is 1.05 bits per heavy atom. The normalized spacial score (nSPS) is 17.8. The van der Waals surface area contributed by atoms with Gasteiger partial charge in [0.2, 0.25) is 0 Å². The third kappa shape index (κ3) is 4.20. The van der Waals surface area contributed by atoms with Gasteiger partial charge >= 0.3 is 0 Å². The summed E-state index contributed by atoms with van der Waals surface area (Å²) >= 11 is 0. The van der Waals surface area contributed by atoms with E-state index in [9.17, 15) is 5.11 Å². The summed E-state index contributed by atoms with van der Waals surface area (Å²) < 4.78 is 0. The van der Waals surface area contributed by atoms with Crippen molar-refractivity contribution in [3.8, 4) is 0 Å². The van der Waals surface area contributed by atoms with Crippen LogP contribution < -0.4 is 4.90 Å². The average Bonchev–Trinajstić information content (AvgIpc) is 2.38. The van der Waals surface area contributed by atoms with Crippen molar-refractivity contribution in [2.75, 3.05) is 37.6 Å². The highest BCUT2D eigenvalue weighted by Crippen LogP contribution is 2.18. The molecule has 0 amide bonds. The first-order valence-corrected chi connectivity index (χ1v) is 6.87. The van der Waals surface area contributed by atoms with Crippen molar-refractivity contribution in [1.29, 1.82) is 0 Å².